The highest BCUT2D eigenvalue weighted by Crippen LogP contribution is 2.32. The van der Waals surface area contributed by atoms with Crippen molar-refractivity contribution in [3.8, 4) is 0 Å². The summed E-state index contributed by atoms with van der Waals surface area (Å²) in [7, 11) is 0. The number of nitrogens with zero attached hydrogens (tertiary/aromatic N) is 1. The first-order chi connectivity index (χ1) is 16.7. The van der Waals surface area contributed by atoms with Crippen LogP contribution in [-0.4, -0.2) is 23.5 Å². The second-order valence-corrected chi connectivity index (χ2v) is 8.60. The number of nitrogens with one attached hydrogen (secondary N) is 2. The molecule has 1 aliphatic heterocycles. The van der Waals surface area contributed by atoms with Crippen LogP contribution in [0.25, 0.3) is 0 Å². The number of aryl methyl sites for hydroxylation is 2. The van der Waals surface area contributed by atoms with E-state index < -0.39 is 11.8 Å². The van der Waals surface area contributed by atoms with E-state index in [-0.39, 0.29) is 22.4 Å². The third-order valence-electron chi connectivity index (χ3n) is 5.58. The molecule has 0 atom stereocenters. The second kappa shape index (κ2) is 9.56. The predicted molar refractivity (Wildman–Crippen MR) is 136 cm³/mol. The molecule has 8 heteroatoms. The van der Waals surface area contributed by atoms with Gasteiger partial charge in [0, 0.05) is 22.5 Å². The van der Waals surface area contributed by atoms with Crippen LogP contribution in [0.1, 0.15) is 38.8 Å². The lowest BCUT2D eigenvalue weighted by Crippen LogP contribution is -2.33. The molecule has 0 fully saturated rings. The number of imide groups is 1. The van der Waals surface area contributed by atoms with Gasteiger partial charge in [0.15, 0.2) is 5.78 Å². The summed E-state index contributed by atoms with van der Waals surface area (Å²) in [6.45, 7) is 5.15. The molecule has 0 unspecified atom stereocenters. The summed E-state index contributed by atoms with van der Waals surface area (Å²) < 4.78 is 0. The van der Waals surface area contributed by atoms with Crippen molar-refractivity contribution in [2.45, 2.75) is 20.8 Å². The van der Waals surface area contributed by atoms with Gasteiger partial charge in [-0.05, 0) is 80.4 Å². The van der Waals surface area contributed by atoms with Crippen LogP contribution in [0.15, 0.2) is 77.5 Å². The van der Waals surface area contributed by atoms with Gasteiger partial charge in [0.1, 0.15) is 10.7 Å². The van der Waals surface area contributed by atoms with E-state index in [1.807, 2.05) is 26.0 Å². The number of halogens is 1. The largest absolute Gasteiger partial charge is 0.350 e. The fourth-order valence-electron chi connectivity index (χ4n) is 3.66. The first-order valence-corrected chi connectivity index (χ1v) is 11.2. The van der Waals surface area contributed by atoms with E-state index in [0.29, 0.717) is 28.2 Å². The molecule has 0 aliphatic carbocycles. The summed E-state index contributed by atoms with van der Waals surface area (Å²) in [4.78, 5) is 51.2. The molecule has 4 rings (SSSR count). The molecule has 0 radical (unpaired) electrons. The number of benzene rings is 3. The summed E-state index contributed by atoms with van der Waals surface area (Å²) in [5.74, 6) is -1.63. The van der Waals surface area contributed by atoms with Crippen LogP contribution in [0.3, 0.4) is 0 Å². The highest BCUT2D eigenvalue weighted by molar-refractivity contribution is 6.53. The van der Waals surface area contributed by atoms with Crippen molar-refractivity contribution in [2.75, 3.05) is 15.5 Å². The summed E-state index contributed by atoms with van der Waals surface area (Å²) >= 11 is 6.26. The number of hydrogen-bond donors (Lipinski definition) is 2. The Morgan fingerprint density at radius 2 is 1.54 bits per heavy atom. The number of rotatable bonds is 6. The maximum atomic E-state index is 13.1. The molecule has 3 aromatic carbocycles. The zero-order valence-electron chi connectivity index (χ0n) is 19.3. The molecular formula is C27H22ClN3O4. The highest BCUT2D eigenvalue weighted by atomic mass is 35.5. The Labute approximate surface area is 207 Å². The minimum atomic E-state index is -0.615. The van der Waals surface area contributed by atoms with Gasteiger partial charge in [0.25, 0.3) is 17.7 Å². The number of anilines is 3. The second-order valence-electron chi connectivity index (χ2n) is 8.22. The number of ketones is 1. The molecule has 0 bridgehead atoms. The highest BCUT2D eigenvalue weighted by Gasteiger charge is 2.39. The van der Waals surface area contributed by atoms with Crippen LogP contribution in [0.5, 0.6) is 0 Å². The predicted octanol–water partition coefficient (Wildman–Crippen LogP) is 5.19. The Morgan fingerprint density at radius 3 is 2.23 bits per heavy atom. The van der Waals surface area contributed by atoms with Crippen LogP contribution >= 0.6 is 11.6 Å². The van der Waals surface area contributed by atoms with E-state index in [2.05, 4.69) is 10.6 Å². The molecule has 2 N–H and O–H groups in total. The molecule has 7 nitrogen and oxygen atoms in total. The third kappa shape index (κ3) is 4.85. The smallest absolute Gasteiger partial charge is 0.283 e. The molecule has 0 aromatic heterocycles. The van der Waals surface area contributed by atoms with Gasteiger partial charge in [-0.15, -0.1) is 0 Å². The third-order valence-corrected chi connectivity index (χ3v) is 5.93. The normalized spacial score (nSPS) is 13.3. The number of amides is 3. The average Bonchev–Trinajstić information content (AvgIpc) is 3.04. The molecule has 1 aliphatic rings. The first-order valence-electron chi connectivity index (χ1n) is 10.8. The minimum absolute atomic E-state index is 0.0602. The quantitative estimate of drug-likeness (QED) is 0.368. The molecule has 1 heterocycles. The zero-order chi connectivity index (χ0) is 25.3. The van der Waals surface area contributed by atoms with Crippen LogP contribution in [-0.2, 0) is 9.59 Å². The van der Waals surface area contributed by atoms with Crippen molar-refractivity contribution in [2.24, 2.45) is 0 Å². The molecule has 0 saturated heterocycles. The van der Waals surface area contributed by atoms with Crippen molar-refractivity contribution >= 4 is 52.2 Å². The Bertz CT molecular complexity index is 1410. The molecular weight excluding hydrogens is 466 g/mol. The minimum Gasteiger partial charge on any atom is -0.350 e. The molecule has 0 spiro atoms. The van der Waals surface area contributed by atoms with E-state index in [1.165, 1.54) is 6.92 Å². The van der Waals surface area contributed by atoms with E-state index in [9.17, 15) is 19.2 Å². The van der Waals surface area contributed by atoms with Crippen molar-refractivity contribution in [3.63, 3.8) is 0 Å². The van der Waals surface area contributed by atoms with Gasteiger partial charge >= 0.3 is 0 Å². The SMILES string of the molecule is CC(=O)c1ccc(NC(=O)c2cccc(NC3=C(Cl)C(=O)N(c4cc(C)ccc4C)C3=O)c2)cc1. The Morgan fingerprint density at radius 1 is 0.829 bits per heavy atom. The fraction of sp³-hybridized carbons (Fsp3) is 0.111. The van der Waals surface area contributed by atoms with Crippen molar-refractivity contribution in [1.29, 1.82) is 0 Å². The number of hydrogen-bond acceptors (Lipinski definition) is 5. The van der Waals surface area contributed by atoms with Gasteiger partial charge in [-0.3, -0.25) is 19.2 Å². The zero-order valence-corrected chi connectivity index (χ0v) is 20.1. The molecule has 3 aromatic rings. The Kier molecular flexibility index (Phi) is 6.53. The summed E-state index contributed by atoms with van der Waals surface area (Å²) in [6, 6.07) is 18.5. The number of carbonyl (C=O) groups is 4. The maximum absolute atomic E-state index is 13.1. The lowest BCUT2D eigenvalue weighted by Gasteiger charge is -2.18. The van der Waals surface area contributed by atoms with Gasteiger partial charge in [-0.1, -0.05) is 29.8 Å². The standard InChI is InChI=1S/C27H22ClN3O4/c1-15-7-8-16(2)22(13-15)31-26(34)23(28)24(27(31)35)29-21-6-4-5-19(14-21)25(33)30-20-11-9-18(10-12-20)17(3)32/h4-14,29H,1-3H3,(H,30,33). The van der Waals surface area contributed by atoms with Crippen molar-refractivity contribution < 1.29 is 19.2 Å². The average molecular weight is 488 g/mol. The monoisotopic (exact) mass is 487 g/mol. The summed E-state index contributed by atoms with van der Waals surface area (Å²) in [5.41, 5.74) is 3.90. The van der Waals surface area contributed by atoms with Gasteiger partial charge < -0.3 is 10.6 Å². The lowest BCUT2D eigenvalue weighted by atomic mass is 10.1. The van der Waals surface area contributed by atoms with Crippen molar-refractivity contribution in [3.05, 3.63) is 99.7 Å². The molecule has 0 saturated carbocycles. The van der Waals surface area contributed by atoms with Gasteiger partial charge in [-0.2, -0.15) is 0 Å². The van der Waals surface area contributed by atoms with Crippen LogP contribution in [0.4, 0.5) is 17.1 Å². The molecule has 35 heavy (non-hydrogen) atoms. The lowest BCUT2D eigenvalue weighted by molar-refractivity contribution is -0.120. The van der Waals surface area contributed by atoms with Crippen LogP contribution < -0.4 is 15.5 Å². The van der Waals surface area contributed by atoms with Crippen molar-refractivity contribution in [1.82, 2.24) is 0 Å². The van der Waals surface area contributed by atoms with Gasteiger partial charge in [0.05, 0.1) is 5.69 Å². The summed E-state index contributed by atoms with van der Waals surface area (Å²) in [5, 5.41) is 5.44. The van der Waals surface area contributed by atoms with Gasteiger partial charge in [0.2, 0.25) is 0 Å². The van der Waals surface area contributed by atoms with Crippen LogP contribution in [0.2, 0.25) is 0 Å². The molecule has 176 valence electrons. The number of Topliss-reactive ketones (excluding diaryl/α,β-unsaturated/α-hetero) is 1. The van der Waals surface area contributed by atoms with E-state index in [0.717, 1.165) is 16.0 Å². The van der Waals surface area contributed by atoms with Gasteiger partial charge in [-0.25, -0.2) is 4.90 Å². The topological polar surface area (TPSA) is 95.6 Å². The summed E-state index contributed by atoms with van der Waals surface area (Å²) in [6.07, 6.45) is 0. The van der Waals surface area contributed by atoms with E-state index in [4.69, 9.17) is 11.6 Å². The Hall–Kier alpha value is -4.23. The maximum Gasteiger partial charge on any atom is 0.283 e. The Balaban J connectivity index is 1.53. The fourth-order valence-corrected chi connectivity index (χ4v) is 3.88. The number of carbonyl (C=O) groups excluding carboxylic acids is 4. The van der Waals surface area contributed by atoms with Crippen LogP contribution in [0, 0.1) is 13.8 Å². The van der Waals surface area contributed by atoms with E-state index in [1.54, 1.807) is 54.6 Å². The van der Waals surface area contributed by atoms with E-state index >= 15 is 0 Å². The first kappa shape index (κ1) is 23.9. The molecule has 3 amide bonds.